The molecule has 0 aromatic heterocycles. The fourth-order valence-corrected chi connectivity index (χ4v) is 12.4. The number of rotatable bonds is 11. The lowest BCUT2D eigenvalue weighted by Gasteiger charge is -2.70. The van der Waals surface area contributed by atoms with Crippen LogP contribution >= 0.6 is 0 Å². The number of carboxylic acid groups (broad SMARTS) is 1. The number of carbonyl (C=O) groups is 3. The quantitative estimate of drug-likeness (QED) is 0.229. The molecule has 7 bridgehead atoms. The first-order valence-corrected chi connectivity index (χ1v) is 16.9. The zero-order chi connectivity index (χ0) is 35.3. The molecule has 6 aliphatic rings. The van der Waals surface area contributed by atoms with Crippen LogP contribution in [0.3, 0.4) is 0 Å². The number of carboxylic acids is 1. The third kappa shape index (κ3) is 4.26. The molecule has 14 nitrogen and oxygen atoms in total. The van der Waals surface area contributed by atoms with Crippen LogP contribution in [0.1, 0.15) is 36.0 Å². The van der Waals surface area contributed by atoms with Gasteiger partial charge in [-0.05, 0) is 31.5 Å². The second kappa shape index (κ2) is 11.9. The number of aliphatic hydroxyl groups excluding tert-OH is 2. The molecule has 5 saturated carbocycles. The van der Waals surface area contributed by atoms with E-state index in [-0.39, 0.29) is 25.0 Å². The number of benzene rings is 1. The number of hydrogen-bond donors (Lipinski definition) is 4. The van der Waals surface area contributed by atoms with Gasteiger partial charge in [0.15, 0.2) is 5.60 Å². The number of esters is 2. The van der Waals surface area contributed by atoms with Crippen LogP contribution < -0.4 is 0 Å². The van der Waals surface area contributed by atoms with Crippen molar-refractivity contribution in [3.8, 4) is 0 Å². The van der Waals surface area contributed by atoms with Gasteiger partial charge in [0.1, 0.15) is 23.9 Å². The Kier molecular flexibility index (Phi) is 8.47. The van der Waals surface area contributed by atoms with Gasteiger partial charge in [0.25, 0.3) is 0 Å². The molecule has 1 saturated heterocycles. The Hall–Kier alpha value is -2.69. The van der Waals surface area contributed by atoms with E-state index in [0.29, 0.717) is 6.54 Å². The molecule has 49 heavy (non-hydrogen) atoms. The van der Waals surface area contributed by atoms with E-state index >= 15 is 0 Å². The van der Waals surface area contributed by atoms with Crippen molar-refractivity contribution in [3.63, 3.8) is 0 Å². The number of piperidine rings is 1. The predicted octanol–water partition coefficient (Wildman–Crippen LogP) is 0.103. The molecule has 7 rings (SSSR count). The van der Waals surface area contributed by atoms with Gasteiger partial charge in [-0.2, -0.15) is 0 Å². The molecule has 1 aromatic carbocycles. The monoisotopic (exact) mass is 689 g/mol. The summed E-state index contributed by atoms with van der Waals surface area (Å²) >= 11 is 0. The van der Waals surface area contributed by atoms with Gasteiger partial charge in [-0.3, -0.25) is 9.59 Å². The van der Waals surface area contributed by atoms with Crippen LogP contribution in [0.25, 0.3) is 0 Å². The van der Waals surface area contributed by atoms with E-state index in [2.05, 4.69) is 4.90 Å². The number of ether oxygens (including phenoxy) is 6. The number of nitrogens with zero attached hydrogens (tertiary/aromatic N) is 1. The highest BCUT2D eigenvalue weighted by molar-refractivity contribution is 5.89. The van der Waals surface area contributed by atoms with E-state index in [1.54, 1.807) is 51.7 Å². The van der Waals surface area contributed by atoms with Gasteiger partial charge >= 0.3 is 17.9 Å². The van der Waals surface area contributed by atoms with Crippen LogP contribution in [0.5, 0.6) is 0 Å². The van der Waals surface area contributed by atoms with Gasteiger partial charge in [0.05, 0.1) is 43.3 Å². The smallest absolute Gasteiger partial charge is 0.338 e. The zero-order valence-electron chi connectivity index (χ0n) is 28.4. The first kappa shape index (κ1) is 34.7. The van der Waals surface area contributed by atoms with Crippen molar-refractivity contribution in [1.29, 1.82) is 0 Å². The lowest BCUT2D eigenvalue weighted by Crippen LogP contribution is -2.81. The molecular weight excluding hydrogens is 642 g/mol. The average molecular weight is 690 g/mol. The highest BCUT2D eigenvalue weighted by Crippen LogP contribution is 2.80. The Morgan fingerprint density at radius 1 is 0.959 bits per heavy atom. The van der Waals surface area contributed by atoms with Crippen LogP contribution in [-0.2, 0) is 38.0 Å². The molecule has 14 heteroatoms. The number of fused-ring (bicyclic) bond motifs is 2. The third-order valence-electron chi connectivity index (χ3n) is 13.4. The summed E-state index contributed by atoms with van der Waals surface area (Å²) in [5.74, 6) is -5.70. The Labute approximate surface area is 284 Å². The summed E-state index contributed by atoms with van der Waals surface area (Å²) in [6.07, 6.45) is -7.32. The van der Waals surface area contributed by atoms with Gasteiger partial charge in [0, 0.05) is 76.0 Å². The lowest BCUT2D eigenvalue weighted by atomic mass is 9.42. The summed E-state index contributed by atoms with van der Waals surface area (Å²) in [6.45, 7) is 0.566. The largest absolute Gasteiger partial charge is 0.481 e. The number of hydrogen-bond acceptors (Lipinski definition) is 13. The second-order valence-electron chi connectivity index (χ2n) is 15.0. The molecule has 1 aliphatic heterocycles. The second-order valence-corrected chi connectivity index (χ2v) is 15.0. The summed E-state index contributed by atoms with van der Waals surface area (Å²) in [5, 5.41) is 46.8. The SMILES string of the molecule is COC[C@]12CN(C)C3[C@@H]4[C@H](OC)[C@H]1[C@@]3([C@@H](OC)C[C@H]2O)[C@@H]1C[C@@]2(O)[C@H](OC(=O)c3ccccc3)[C@@H]1[C@]4(OC(=O)CCC(=O)O)[C@@H](O)[C@@H]2OC. The Bertz CT molecular complexity index is 1480. The Morgan fingerprint density at radius 3 is 2.29 bits per heavy atom. The lowest BCUT2D eigenvalue weighted by molar-refractivity contribution is -0.321. The highest BCUT2D eigenvalue weighted by Gasteiger charge is 2.92. The highest BCUT2D eigenvalue weighted by atomic mass is 16.6. The van der Waals surface area contributed by atoms with Crippen LogP contribution in [0.4, 0.5) is 0 Å². The minimum atomic E-state index is -1.93. The average Bonchev–Trinajstić information content (AvgIpc) is 3.46. The van der Waals surface area contributed by atoms with E-state index in [0.717, 1.165) is 0 Å². The van der Waals surface area contributed by atoms with E-state index in [9.17, 15) is 34.8 Å². The third-order valence-corrected chi connectivity index (χ3v) is 13.4. The molecule has 5 aliphatic carbocycles. The molecule has 1 heterocycles. The number of aliphatic hydroxyl groups is 3. The van der Waals surface area contributed by atoms with Crippen LogP contribution in [-0.4, -0.2) is 146 Å². The maximum atomic E-state index is 13.8. The zero-order valence-corrected chi connectivity index (χ0v) is 28.4. The molecule has 4 N–H and O–H groups in total. The first-order chi connectivity index (χ1) is 23.3. The van der Waals surface area contributed by atoms with Crippen molar-refractivity contribution in [2.45, 2.75) is 79.6 Å². The van der Waals surface area contributed by atoms with E-state index in [1.165, 1.54) is 7.11 Å². The van der Waals surface area contributed by atoms with Crippen LogP contribution in [0.2, 0.25) is 0 Å². The molecule has 15 atom stereocenters. The molecule has 6 fully saturated rings. The Morgan fingerprint density at radius 2 is 1.67 bits per heavy atom. The first-order valence-electron chi connectivity index (χ1n) is 16.9. The molecule has 270 valence electrons. The van der Waals surface area contributed by atoms with Crippen molar-refractivity contribution >= 4 is 17.9 Å². The summed E-state index contributed by atoms with van der Waals surface area (Å²) in [5.41, 5.74) is -5.35. The summed E-state index contributed by atoms with van der Waals surface area (Å²) in [7, 11) is 7.96. The number of carbonyl (C=O) groups excluding carboxylic acids is 2. The van der Waals surface area contributed by atoms with E-state index in [1.807, 2.05) is 7.05 Å². The summed E-state index contributed by atoms with van der Waals surface area (Å²) in [6, 6.07) is 7.84. The van der Waals surface area contributed by atoms with E-state index in [4.69, 9.17) is 28.4 Å². The fraction of sp³-hybridized carbons (Fsp3) is 0.743. The van der Waals surface area contributed by atoms with Gasteiger partial charge in [-0.1, -0.05) is 18.2 Å². The molecular formula is C35H47NO13. The maximum absolute atomic E-state index is 13.8. The van der Waals surface area contributed by atoms with Gasteiger partial charge < -0.3 is 53.7 Å². The standard InChI is InChI=1S/C35H47NO13/c1-36-15-32(16-44-2)19(37)13-20(45-3)34-18-14-33(43)29(48-31(42)17-9-7-6-8-10-17)23(18)35(28(41)30(33)47-5,49-22(40)12-11-21(38)39)24(27(34)36)25(46-4)26(32)34/h6-10,18-20,23-30,37,41,43H,11-16H2,1-5H3,(H,38,39)/t18-,19-,20+,23-,24+,25+,26-,27?,28+,29-,30+,32+,33-,34+,35-/m1/s1. The predicted molar refractivity (Wildman–Crippen MR) is 167 cm³/mol. The number of likely N-dealkylation sites (tertiary alicyclic amines) is 1. The molecule has 0 amide bonds. The van der Waals surface area contributed by atoms with Crippen LogP contribution in [0.15, 0.2) is 30.3 Å². The van der Waals surface area contributed by atoms with Crippen molar-refractivity contribution in [2.24, 2.45) is 34.5 Å². The van der Waals surface area contributed by atoms with Crippen molar-refractivity contribution in [1.82, 2.24) is 4.90 Å². The Balaban J connectivity index is 1.50. The molecule has 0 radical (unpaired) electrons. The molecule has 1 unspecified atom stereocenters. The molecule has 1 aromatic rings. The fourth-order valence-electron chi connectivity index (χ4n) is 12.4. The van der Waals surface area contributed by atoms with Crippen molar-refractivity contribution < 1.29 is 63.2 Å². The number of aliphatic carboxylic acids is 1. The van der Waals surface area contributed by atoms with Gasteiger partial charge in [0.2, 0.25) is 0 Å². The minimum absolute atomic E-state index is 0.0165. The van der Waals surface area contributed by atoms with Crippen LogP contribution in [0, 0.1) is 34.5 Å². The molecule has 1 spiro atoms. The number of methoxy groups -OCH3 is 4. The van der Waals surface area contributed by atoms with Gasteiger partial charge in [-0.15, -0.1) is 0 Å². The summed E-state index contributed by atoms with van der Waals surface area (Å²) in [4.78, 5) is 41.3. The summed E-state index contributed by atoms with van der Waals surface area (Å²) < 4.78 is 37.3. The minimum Gasteiger partial charge on any atom is -0.481 e. The normalized spacial score (nSPS) is 47.5. The van der Waals surface area contributed by atoms with Crippen molar-refractivity contribution in [2.75, 3.05) is 48.6 Å². The topological polar surface area (TPSA) is 191 Å². The van der Waals surface area contributed by atoms with E-state index < -0.39 is 119 Å². The van der Waals surface area contributed by atoms with Gasteiger partial charge in [-0.25, -0.2) is 4.79 Å². The van der Waals surface area contributed by atoms with Crippen molar-refractivity contribution in [3.05, 3.63) is 35.9 Å². The maximum Gasteiger partial charge on any atom is 0.338 e.